The molecule has 3 atom stereocenters. The normalized spacial score (nSPS) is 42.4. The summed E-state index contributed by atoms with van der Waals surface area (Å²) in [6.45, 7) is 11.2. The Morgan fingerprint density at radius 1 is 1.14 bits per heavy atom. The van der Waals surface area contributed by atoms with Crippen molar-refractivity contribution in [1.82, 2.24) is 0 Å². The summed E-state index contributed by atoms with van der Waals surface area (Å²) in [6.07, 6.45) is 7.91. The second kappa shape index (κ2) is 5.21. The smallest absolute Gasteiger partial charge is 0.0940 e. The summed E-state index contributed by atoms with van der Waals surface area (Å²) in [4.78, 5) is 0. The molecule has 22 heavy (non-hydrogen) atoms. The second-order valence-corrected chi connectivity index (χ2v) is 8.65. The lowest BCUT2D eigenvalue weighted by molar-refractivity contribution is -0.118. The Morgan fingerprint density at radius 2 is 1.86 bits per heavy atom. The van der Waals surface area contributed by atoms with Crippen LogP contribution in [0.4, 0.5) is 0 Å². The van der Waals surface area contributed by atoms with Crippen LogP contribution in [-0.2, 0) is 0 Å². The summed E-state index contributed by atoms with van der Waals surface area (Å²) in [7, 11) is 0. The molecule has 3 aliphatic carbocycles. The lowest BCUT2D eigenvalue weighted by atomic mass is 9.57. The molecule has 3 rings (SSSR count). The van der Waals surface area contributed by atoms with Crippen LogP contribution in [0.1, 0.15) is 72.1 Å². The molecule has 0 radical (unpaired) electrons. The Morgan fingerprint density at radius 3 is 2.50 bits per heavy atom. The van der Waals surface area contributed by atoms with E-state index in [9.17, 15) is 10.2 Å². The molecule has 2 fully saturated rings. The third-order valence-electron chi connectivity index (χ3n) is 7.16. The fourth-order valence-corrected chi connectivity index (χ4v) is 5.69. The van der Waals surface area contributed by atoms with Crippen molar-refractivity contribution in [3.05, 3.63) is 23.3 Å². The molecule has 3 aliphatic rings. The maximum Gasteiger partial charge on any atom is 0.0940 e. The van der Waals surface area contributed by atoms with Crippen molar-refractivity contribution in [3.63, 3.8) is 0 Å². The average molecular weight is 304 g/mol. The van der Waals surface area contributed by atoms with Crippen molar-refractivity contribution in [3.8, 4) is 0 Å². The van der Waals surface area contributed by atoms with Gasteiger partial charge in [-0.15, -0.1) is 0 Å². The third kappa shape index (κ3) is 2.06. The number of aliphatic hydroxyl groups is 2. The molecule has 2 heteroatoms. The molecular weight excluding hydrogens is 272 g/mol. The van der Waals surface area contributed by atoms with Crippen molar-refractivity contribution in [2.75, 3.05) is 6.61 Å². The predicted molar refractivity (Wildman–Crippen MR) is 90.5 cm³/mol. The van der Waals surface area contributed by atoms with Crippen molar-refractivity contribution >= 4 is 0 Å². The number of fused-ring (bicyclic) bond motifs is 2. The Hall–Kier alpha value is -0.600. The lowest BCUT2D eigenvalue weighted by Gasteiger charge is -2.52. The zero-order valence-electron chi connectivity index (χ0n) is 14.5. The molecule has 124 valence electrons. The highest BCUT2D eigenvalue weighted by Crippen LogP contribution is 2.62. The van der Waals surface area contributed by atoms with Gasteiger partial charge in [-0.1, -0.05) is 38.5 Å². The van der Waals surface area contributed by atoms with Gasteiger partial charge >= 0.3 is 0 Å². The Balaban J connectivity index is 2.09. The average Bonchev–Trinajstić information content (AvgIpc) is 2.73. The van der Waals surface area contributed by atoms with E-state index in [1.165, 1.54) is 6.42 Å². The molecule has 0 aromatic rings. The maximum atomic E-state index is 11.6. The van der Waals surface area contributed by atoms with Gasteiger partial charge in [-0.05, 0) is 68.3 Å². The van der Waals surface area contributed by atoms with Crippen LogP contribution in [0.25, 0.3) is 0 Å². The van der Waals surface area contributed by atoms with Crippen molar-refractivity contribution < 1.29 is 10.2 Å². The van der Waals surface area contributed by atoms with Gasteiger partial charge in [0.2, 0.25) is 0 Å². The molecule has 0 aromatic carbocycles. The summed E-state index contributed by atoms with van der Waals surface area (Å²) in [6, 6.07) is 0. The van der Waals surface area contributed by atoms with Crippen molar-refractivity contribution in [2.45, 2.75) is 77.7 Å². The first-order chi connectivity index (χ1) is 10.3. The van der Waals surface area contributed by atoms with Gasteiger partial charge < -0.3 is 10.2 Å². The molecule has 0 amide bonds. The molecule has 0 bridgehead atoms. The van der Waals surface area contributed by atoms with Crippen LogP contribution < -0.4 is 0 Å². The van der Waals surface area contributed by atoms with Crippen molar-refractivity contribution in [2.24, 2.45) is 16.7 Å². The first kappa shape index (κ1) is 16.3. The molecule has 0 heterocycles. The predicted octanol–water partition coefficient (Wildman–Crippen LogP) is 4.37. The van der Waals surface area contributed by atoms with Gasteiger partial charge in [0.05, 0.1) is 12.2 Å². The van der Waals surface area contributed by atoms with Crippen LogP contribution in [0.5, 0.6) is 0 Å². The summed E-state index contributed by atoms with van der Waals surface area (Å²) in [5.41, 5.74) is 3.00. The van der Waals surface area contributed by atoms with E-state index in [1.54, 1.807) is 11.1 Å². The third-order valence-corrected chi connectivity index (χ3v) is 7.16. The monoisotopic (exact) mass is 304 g/mol. The summed E-state index contributed by atoms with van der Waals surface area (Å²) < 4.78 is 0. The summed E-state index contributed by atoms with van der Waals surface area (Å²) in [5.74, 6) is 0.597. The van der Waals surface area contributed by atoms with E-state index < -0.39 is 5.60 Å². The Labute approximate surface area is 135 Å². The van der Waals surface area contributed by atoms with Crippen molar-refractivity contribution in [1.29, 1.82) is 0 Å². The summed E-state index contributed by atoms with van der Waals surface area (Å²) in [5, 5.41) is 21.8. The molecule has 0 aliphatic heterocycles. The SMILES string of the molecule is C=C1CCCC2(CO)CCC3=C(C(C)C)CCC3(C)CC12O. The standard InChI is InChI=1S/C20H32O2/c1-14(2)16-7-10-18(4)12-20(22)15(3)6-5-9-19(20,13-21)11-8-17(16)18/h14,21-22H,3,5-13H2,1-2,4H3. The molecule has 0 spiro atoms. The molecule has 3 unspecified atom stereocenters. The van der Waals surface area contributed by atoms with Gasteiger partial charge in [-0.25, -0.2) is 0 Å². The highest BCUT2D eigenvalue weighted by molar-refractivity contribution is 5.35. The minimum absolute atomic E-state index is 0.0862. The molecule has 2 N–H and O–H groups in total. The quantitative estimate of drug-likeness (QED) is 0.744. The number of aliphatic hydroxyl groups excluding tert-OH is 1. The van der Waals surface area contributed by atoms with E-state index in [2.05, 4.69) is 27.4 Å². The zero-order valence-corrected chi connectivity index (χ0v) is 14.5. The van der Waals surface area contributed by atoms with Gasteiger partial charge in [-0.2, -0.15) is 0 Å². The minimum atomic E-state index is -0.886. The topological polar surface area (TPSA) is 40.5 Å². The molecule has 0 aromatic heterocycles. The van der Waals surface area contributed by atoms with E-state index in [0.29, 0.717) is 5.92 Å². The Kier molecular flexibility index (Phi) is 3.85. The first-order valence-electron chi connectivity index (χ1n) is 9.02. The molecule has 2 saturated carbocycles. The first-order valence-corrected chi connectivity index (χ1v) is 9.02. The van der Waals surface area contributed by atoms with Gasteiger partial charge in [0.15, 0.2) is 0 Å². The van der Waals surface area contributed by atoms with Gasteiger partial charge in [0.25, 0.3) is 0 Å². The van der Waals surface area contributed by atoms with E-state index in [0.717, 1.165) is 50.5 Å². The molecule has 2 nitrogen and oxygen atoms in total. The Bertz CT molecular complexity index is 518. The van der Waals surface area contributed by atoms with Crippen LogP contribution in [-0.4, -0.2) is 22.4 Å². The van der Waals surface area contributed by atoms with E-state index in [-0.39, 0.29) is 17.4 Å². The fraction of sp³-hybridized carbons (Fsp3) is 0.800. The number of rotatable bonds is 2. The van der Waals surface area contributed by atoms with Crippen LogP contribution >= 0.6 is 0 Å². The molecular formula is C20H32O2. The van der Waals surface area contributed by atoms with Gasteiger partial charge in [0.1, 0.15) is 0 Å². The zero-order chi connectivity index (χ0) is 16.2. The minimum Gasteiger partial charge on any atom is -0.396 e. The van der Waals surface area contributed by atoms with Crippen LogP contribution in [0.15, 0.2) is 23.3 Å². The van der Waals surface area contributed by atoms with E-state index in [4.69, 9.17) is 0 Å². The van der Waals surface area contributed by atoms with Crippen LogP contribution in [0, 0.1) is 16.7 Å². The van der Waals surface area contributed by atoms with Crippen LogP contribution in [0.3, 0.4) is 0 Å². The fourth-order valence-electron chi connectivity index (χ4n) is 5.69. The highest BCUT2D eigenvalue weighted by Gasteiger charge is 2.58. The number of hydrogen-bond acceptors (Lipinski definition) is 2. The second-order valence-electron chi connectivity index (χ2n) is 8.65. The van der Waals surface area contributed by atoms with Crippen LogP contribution in [0.2, 0.25) is 0 Å². The van der Waals surface area contributed by atoms with Gasteiger partial charge in [0, 0.05) is 5.41 Å². The largest absolute Gasteiger partial charge is 0.396 e. The summed E-state index contributed by atoms with van der Waals surface area (Å²) >= 11 is 0. The maximum absolute atomic E-state index is 11.6. The number of allylic oxidation sites excluding steroid dienone is 2. The van der Waals surface area contributed by atoms with E-state index in [1.807, 2.05) is 0 Å². The molecule has 0 saturated heterocycles. The lowest BCUT2D eigenvalue weighted by Crippen LogP contribution is -2.55. The van der Waals surface area contributed by atoms with Gasteiger partial charge in [-0.3, -0.25) is 0 Å². The van der Waals surface area contributed by atoms with E-state index >= 15 is 0 Å². The highest BCUT2D eigenvalue weighted by atomic mass is 16.3. The number of hydrogen-bond donors (Lipinski definition) is 2.